The van der Waals surface area contributed by atoms with Crippen LogP contribution in [-0.2, 0) is 0 Å². The second kappa shape index (κ2) is 15.8. The van der Waals surface area contributed by atoms with Crippen LogP contribution in [0.4, 0.5) is 4.79 Å². The zero-order valence-corrected chi connectivity index (χ0v) is 6.11. The van der Waals surface area contributed by atoms with Gasteiger partial charge in [-0.25, -0.2) is 4.79 Å². The van der Waals surface area contributed by atoms with E-state index >= 15 is 0 Å². The maximum atomic E-state index is 8.56. The summed E-state index contributed by atoms with van der Waals surface area (Å²) in [6.07, 6.45) is -1.83. The van der Waals surface area contributed by atoms with Gasteiger partial charge in [-0.3, -0.25) is 5.41 Å². The lowest BCUT2D eigenvalue weighted by Crippen LogP contribution is -2.20. The van der Waals surface area contributed by atoms with Crippen molar-refractivity contribution in [1.82, 2.24) is 0 Å². The van der Waals surface area contributed by atoms with E-state index in [4.69, 9.17) is 25.5 Å². The zero-order valence-electron chi connectivity index (χ0n) is 6.11. The lowest BCUT2D eigenvalue weighted by molar-refractivity contribution is 0.137. The molecule has 0 fully saturated rings. The van der Waals surface area contributed by atoms with Crippen LogP contribution in [0.1, 0.15) is 6.92 Å². The van der Waals surface area contributed by atoms with Crippen LogP contribution in [0.15, 0.2) is 0 Å². The maximum Gasteiger partial charge on any atom is 0.503 e. The summed E-state index contributed by atoms with van der Waals surface area (Å²) in [5.74, 6) is -0.333. The van der Waals surface area contributed by atoms with Crippen molar-refractivity contribution in [2.24, 2.45) is 11.5 Å². The molecule has 68 valence electrons. The van der Waals surface area contributed by atoms with Gasteiger partial charge in [0.15, 0.2) is 5.96 Å². The number of carboxylic acid groups (broad SMARTS) is 2. The summed E-state index contributed by atoms with van der Waals surface area (Å²) in [5, 5.41) is 27.6. The number of guanidine groups is 1. The molecule has 0 radical (unpaired) electrons. The van der Waals surface area contributed by atoms with E-state index in [9.17, 15) is 0 Å². The van der Waals surface area contributed by atoms with Crippen LogP contribution in [0.3, 0.4) is 0 Å². The first-order valence-corrected chi connectivity index (χ1v) is 2.50. The van der Waals surface area contributed by atoms with Crippen LogP contribution >= 0.6 is 0 Å². The number of hydrogen-bond donors (Lipinski definition) is 6. The van der Waals surface area contributed by atoms with E-state index in [1.165, 1.54) is 0 Å². The summed E-state index contributed by atoms with van der Waals surface area (Å²) < 4.78 is 0. The predicted octanol–water partition coefficient (Wildman–Crippen LogP) is -0.940. The summed E-state index contributed by atoms with van der Waals surface area (Å²) in [7, 11) is 0. The first kappa shape index (κ1) is 16.2. The van der Waals surface area contributed by atoms with Crippen molar-refractivity contribution < 1.29 is 20.1 Å². The molecule has 0 atom stereocenters. The number of nitrogens with two attached hydrogens (primary N) is 2. The summed E-state index contributed by atoms with van der Waals surface area (Å²) >= 11 is 0. The molecule has 0 saturated heterocycles. The maximum absolute atomic E-state index is 8.56. The van der Waals surface area contributed by atoms with Crippen LogP contribution in [-0.4, -0.2) is 34.0 Å². The molecule has 0 heterocycles. The van der Waals surface area contributed by atoms with Gasteiger partial charge in [-0.15, -0.1) is 0 Å². The normalized spacial score (nSPS) is 6.00. The number of hydrogen-bond acceptors (Lipinski definition) is 3. The van der Waals surface area contributed by atoms with Crippen LogP contribution in [0.2, 0.25) is 0 Å². The quantitative estimate of drug-likeness (QED) is 0.202. The molecule has 0 aromatic carbocycles. The highest BCUT2D eigenvalue weighted by Crippen LogP contribution is 1.42. The molecule has 0 aliphatic heterocycles. The average molecular weight is 167 g/mol. The molecule has 0 aromatic rings. The lowest BCUT2D eigenvalue weighted by atomic mass is 10.9. The molecule has 0 bridgehead atoms. The van der Waals surface area contributed by atoms with Gasteiger partial charge in [-0.1, -0.05) is 0 Å². The number of rotatable bonds is 0. The molecule has 0 unspecified atom stereocenters. The standard InChI is InChI=1S/C2H6O.CH5N3.CH2O3/c1-2-3;2*2-1(3)4/h3H,2H2,1H3;(H5,2,3,4);(H2,2,3,4). The van der Waals surface area contributed by atoms with Crippen LogP contribution < -0.4 is 11.5 Å². The number of carbonyl (C=O) groups is 1. The van der Waals surface area contributed by atoms with Gasteiger partial charge in [0.1, 0.15) is 0 Å². The smallest absolute Gasteiger partial charge is 0.450 e. The molecule has 0 saturated carbocycles. The van der Waals surface area contributed by atoms with Crippen molar-refractivity contribution in [3.05, 3.63) is 0 Å². The molecule has 0 aliphatic rings. The Bertz CT molecular complexity index is 85.5. The highest BCUT2D eigenvalue weighted by Gasteiger charge is 1.70. The molecule has 7 nitrogen and oxygen atoms in total. The Hall–Kier alpha value is -1.50. The first-order valence-electron chi connectivity index (χ1n) is 2.50. The summed E-state index contributed by atoms with van der Waals surface area (Å²) in [5.41, 5.74) is 8.94. The Morgan fingerprint density at radius 2 is 1.45 bits per heavy atom. The van der Waals surface area contributed by atoms with E-state index in [0.717, 1.165) is 0 Å². The second-order valence-electron chi connectivity index (χ2n) is 1.05. The van der Waals surface area contributed by atoms with Crippen LogP contribution in [0, 0.1) is 5.41 Å². The van der Waals surface area contributed by atoms with E-state index in [1.54, 1.807) is 6.92 Å². The summed E-state index contributed by atoms with van der Waals surface area (Å²) in [6, 6.07) is 0. The zero-order chi connectivity index (χ0) is 9.86. The van der Waals surface area contributed by atoms with Crippen molar-refractivity contribution in [2.75, 3.05) is 6.61 Å². The van der Waals surface area contributed by atoms with Gasteiger partial charge >= 0.3 is 6.16 Å². The van der Waals surface area contributed by atoms with Gasteiger partial charge in [0.2, 0.25) is 0 Å². The molecular formula is C4H13N3O4. The molecule has 0 aliphatic carbocycles. The molecule has 0 aromatic heterocycles. The van der Waals surface area contributed by atoms with E-state index in [-0.39, 0.29) is 12.6 Å². The highest BCUT2D eigenvalue weighted by molar-refractivity contribution is 5.71. The van der Waals surface area contributed by atoms with Gasteiger partial charge in [-0.2, -0.15) is 0 Å². The van der Waals surface area contributed by atoms with Crippen molar-refractivity contribution in [3.8, 4) is 0 Å². The van der Waals surface area contributed by atoms with E-state index in [0.29, 0.717) is 0 Å². The average Bonchev–Trinajstić information content (AvgIpc) is 1.60. The SMILES string of the molecule is CCO.N=C(N)N.O=C(O)O. The van der Waals surface area contributed by atoms with Crippen molar-refractivity contribution in [2.45, 2.75) is 6.92 Å². The Morgan fingerprint density at radius 3 is 1.45 bits per heavy atom. The number of nitrogens with one attached hydrogen (secondary N) is 1. The fourth-order valence-electron chi connectivity index (χ4n) is 0. The largest absolute Gasteiger partial charge is 0.503 e. The minimum atomic E-state index is -1.83. The van der Waals surface area contributed by atoms with E-state index < -0.39 is 6.16 Å². The summed E-state index contributed by atoms with van der Waals surface area (Å²) in [6.45, 7) is 1.93. The molecule has 0 spiro atoms. The van der Waals surface area contributed by atoms with E-state index in [1.807, 2.05) is 0 Å². The van der Waals surface area contributed by atoms with Crippen LogP contribution in [0.25, 0.3) is 0 Å². The molecule has 7 heteroatoms. The fraction of sp³-hybridized carbons (Fsp3) is 0.500. The van der Waals surface area contributed by atoms with Crippen molar-refractivity contribution in [1.29, 1.82) is 5.41 Å². The highest BCUT2D eigenvalue weighted by atomic mass is 16.6. The minimum absolute atomic E-state index is 0.250. The molecule has 0 amide bonds. The van der Waals surface area contributed by atoms with Gasteiger partial charge in [0, 0.05) is 6.61 Å². The van der Waals surface area contributed by atoms with Crippen molar-refractivity contribution >= 4 is 12.1 Å². The Balaban J connectivity index is -0.0000000886. The molecular weight excluding hydrogens is 154 g/mol. The van der Waals surface area contributed by atoms with Crippen LogP contribution in [0.5, 0.6) is 0 Å². The molecule has 8 N–H and O–H groups in total. The second-order valence-corrected chi connectivity index (χ2v) is 1.05. The number of aliphatic hydroxyl groups excluding tert-OH is 1. The number of aliphatic hydroxyl groups is 1. The Labute approximate surface area is 63.8 Å². The van der Waals surface area contributed by atoms with E-state index in [2.05, 4.69) is 11.5 Å². The van der Waals surface area contributed by atoms with Gasteiger partial charge in [0.05, 0.1) is 0 Å². The third kappa shape index (κ3) is 160. The third-order valence-corrected chi connectivity index (χ3v) is 0. The lowest BCUT2D eigenvalue weighted by Gasteiger charge is -1.69. The van der Waals surface area contributed by atoms with Crippen molar-refractivity contribution in [3.63, 3.8) is 0 Å². The topological polar surface area (TPSA) is 154 Å². The molecule has 0 rings (SSSR count). The van der Waals surface area contributed by atoms with Gasteiger partial charge in [0.25, 0.3) is 0 Å². The first-order chi connectivity index (χ1) is 4.88. The Kier molecular flexibility index (Phi) is 23.3. The molecule has 11 heavy (non-hydrogen) atoms. The Morgan fingerprint density at radius 1 is 1.45 bits per heavy atom. The predicted molar refractivity (Wildman–Crippen MR) is 39.5 cm³/mol. The monoisotopic (exact) mass is 167 g/mol. The van der Waals surface area contributed by atoms with Gasteiger partial charge < -0.3 is 26.8 Å². The minimum Gasteiger partial charge on any atom is -0.450 e. The summed E-state index contributed by atoms with van der Waals surface area (Å²) in [4.78, 5) is 8.56. The van der Waals surface area contributed by atoms with Gasteiger partial charge in [-0.05, 0) is 6.92 Å². The third-order valence-electron chi connectivity index (χ3n) is 0. The fourth-order valence-corrected chi connectivity index (χ4v) is 0.